The van der Waals surface area contributed by atoms with Gasteiger partial charge >= 0.3 is 0 Å². The molecule has 1 unspecified atom stereocenters. The maximum absolute atomic E-state index is 13.9. The van der Waals surface area contributed by atoms with Gasteiger partial charge in [0.1, 0.15) is 5.41 Å². The third kappa shape index (κ3) is 3.17. The molecule has 0 aromatic heterocycles. The second-order valence-corrected chi connectivity index (χ2v) is 7.35. The fourth-order valence-electron chi connectivity index (χ4n) is 4.29. The predicted octanol–water partition coefficient (Wildman–Crippen LogP) is 4.57. The Morgan fingerprint density at radius 2 is 1.74 bits per heavy atom. The highest BCUT2D eigenvalue weighted by atomic mass is 16.6. The van der Waals surface area contributed by atoms with E-state index >= 15 is 0 Å². The van der Waals surface area contributed by atoms with Crippen LogP contribution in [0.3, 0.4) is 0 Å². The smallest absolute Gasteiger partial charge is 0.269 e. The lowest BCUT2D eigenvalue weighted by molar-refractivity contribution is -0.384. The van der Waals surface area contributed by atoms with Crippen LogP contribution in [0.1, 0.15) is 24.0 Å². The molecule has 0 saturated carbocycles. The van der Waals surface area contributed by atoms with Gasteiger partial charge in [-0.3, -0.25) is 14.9 Å². The van der Waals surface area contributed by atoms with Crippen molar-refractivity contribution in [2.75, 3.05) is 4.90 Å². The van der Waals surface area contributed by atoms with Crippen LogP contribution in [0.25, 0.3) is 0 Å². The van der Waals surface area contributed by atoms with Crippen molar-refractivity contribution in [3.8, 4) is 12.1 Å². The van der Waals surface area contributed by atoms with E-state index in [1.54, 1.807) is 42.5 Å². The highest BCUT2D eigenvalue weighted by Gasteiger charge is 2.63. The van der Waals surface area contributed by atoms with Crippen molar-refractivity contribution < 1.29 is 9.72 Å². The Kier molecular flexibility index (Phi) is 5.72. The minimum Gasteiger partial charge on any atom is -0.307 e. The molecule has 0 aliphatic carbocycles. The number of nitriles is 2. The molecule has 1 amide bonds. The number of para-hydroxylation sites is 1. The molecule has 0 saturated heterocycles. The monoisotopic (exact) mass is 412 g/mol. The van der Waals surface area contributed by atoms with Crippen LogP contribution in [-0.2, 0) is 16.8 Å². The van der Waals surface area contributed by atoms with Crippen molar-refractivity contribution in [3.05, 3.63) is 95.1 Å². The van der Waals surface area contributed by atoms with Gasteiger partial charge in [-0.2, -0.15) is 10.5 Å². The van der Waals surface area contributed by atoms with Gasteiger partial charge in [-0.05, 0) is 30.0 Å². The fourth-order valence-corrected chi connectivity index (χ4v) is 4.29. The number of fused-ring (bicyclic) bond motifs is 1. The number of rotatable bonds is 8. The molecule has 0 radical (unpaired) electrons. The largest absolute Gasteiger partial charge is 0.307 e. The number of nitro groups is 1. The lowest BCUT2D eigenvalue weighted by Gasteiger charge is -2.37. The van der Waals surface area contributed by atoms with E-state index in [1.165, 1.54) is 23.1 Å². The number of hydrogen-bond acceptors (Lipinski definition) is 5. The van der Waals surface area contributed by atoms with Crippen molar-refractivity contribution >= 4 is 17.3 Å². The Labute approximate surface area is 180 Å². The zero-order chi connectivity index (χ0) is 22.6. The van der Waals surface area contributed by atoms with Gasteiger partial charge in [0.15, 0.2) is 5.41 Å². The average molecular weight is 412 g/mol. The van der Waals surface area contributed by atoms with Gasteiger partial charge in [-0.1, -0.05) is 42.5 Å². The maximum Gasteiger partial charge on any atom is 0.269 e. The van der Waals surface area contributed by atoms with Gasteiger partial charge < -0.3 is 4.90 Å². The van der Waals surface area contributed by atoms with Gasteiger partial charge in [0.05, 0.1) is 23.6 Å². The van der Waals surface area contributed by atoms with Crippen molar-refractivity contribution in [3.63, 3.8) is 0 Å². The summed E-state index contributed by atoms with van der Waals surface area (Å²) in [4.78, 5) is 25.9. The maximum atomic E-state index is 13.9. The number of amides is 1. The molecule has 3 rings (SSSR count). The lowest BCUT2D eigenvalue weighted by atomic mass is 9.58. The van der Waals surface area contributed by atoms with E-state index < -0.39 is 15.8 Å². The molecule has 154 valence electrons. The molecular formula is C24H20N4O3. The summed E-state index contributed by atoms with van der Waals surface area (Å²) in [5, 5.41) is 31.1. The Morgan fingerprint density at radius 3 is 2.29 bits per heavy atom. The first-order valence-corrected chi connectivity index (χ1v) is 9.60. The topological polar surface area (TPSA) is 111 Å². The molecule has 1 aliphatic heterocycles. The molecule has 1 aliphatic rings. The van der Waals surface area contributed by atoms with Gasteiger partial charge in [0.2, 0.25) is 5.91 Å². The number of allylic oxidation sites excluding steroid dienone is 2. The number of non-ortho nitro benzene ring substituents is 1. The molecule has 0 spiro atoms. The summed E-state index contributed by atoms with van der Waals surface area (Å²) in [7, 11) is 0. The molecule has 31 heavy (non-hydrogen) atoms. The van der Waals surface area contributed by atoms with E-state index in [0.717, 1.165) is 0 Å². The number of nitro benzene ring substituents is 1. The molecule has 7 nitrogen and oxygen atoms in total. The lowest BCUT2D eigenvalue weighted by Crippen LogP contribution is -2.51. The number of nitrogens with zero attached hydrogens (tertiary/aromatic N) is 4. The molecule has 0 N–H and O–H groups in total. The van der Waals surface area contributed by atoms with Crippen LogP contribution in [0.15, 0.2) is 73.8 Å². The van der Waals surface area contributed by atoms with Gasteiger partial charge in [0.25, 0.3) is 5.69 Å². The second kappa shape index (κ2) is 8.25. The fraction of sp³-hybridized carbons (Fsp3) is 0.208. The van der Waals surface area contributed by atoms with Crippen molar-refractivity contribution in [1.82, 2.24) is 0 Å². The van der Waals surface area contributed by atoms with Crippen molar-refractivity contribution in [2.24, 2.45) is 5.41 Å². The summed E-state index contributed by atoms with van der Waals surface area (Å²) in [6.07, 6.45) is 3.15. The van der Waals surface area contributed by atoms with Crippen LogP contribution < -0.4 is 4.90 Å². The first kappa shape index (κ1) is 21.5. The number of anilines is 1. The van der Waals surface area contributed by atoms with Crippen molar-refractivity contribution in [2.45, 2.75) is 24.8 Å². The quantitative estimate of drug-likeness (QED) is 0.358. The zero-order valence-electron chi connectivity index (χ0n) is 16.8. The third-order valence-corrected chi connectivity index (χ3v) is 5.76. The highest BCUT2D eigenvalue weighted by Crippen LogP contribution is 2.55. The van der Waals surface area contributed by atoms with Crippen LogP contribution >= 0.6 is 0 Å². The van der Waals surface area contributed by atoms with E-state index in [2.05, 4.69) is 25.3 Å². The van der Waals surface area contributed by atoms with Gasteiger partial charge in [0, 0.05) is 17.8 Å². The van der Waals surface area contributed by atoms with Gasteiger partial charge in [-0.25, -0.2) is 0 Å². The van der Waals surface area contributed by atoms with Crippen molar-refractivity contribution in [1.29, 1.82) is 10.5 Å². The van der Waals surface area contributed by atoms with Crippen LogP contribution in [0, 0.1) is 38.2 Å². The SMILES string of the molecule is C=CCC(C#N)(C#N)C1(CC=C)C(=O)N(Cc2ccc([N+](=O)[O-])cc2)c2ccccc21. The predicted molar refractivity (Wildman–Crippen MR) is 116 cm³/mol. The van der Waals surface area contributed by atoms with Crippen LogP contribution in [0.5, 0.6) is 0 Å². The minimum atomic E-state index is -1.67. The molecular weight excluding hydrogens is 392 g/mol. The summed E-state index contributed by atoms with van der Waals surface area (Å²) in [5.74, 6) is -0.378. The Hall–Kier alpha value is -4.23. The molecule has 0 fully saturated rings. The second-order valence-electron chi connectivity index (χ2n) is 7.35. The number of carbonyl (C=O) groups excluding carboxylic acids is 1. The van der Waals surface area contributed by atoms with E-state index in [1.807, 2.05) is 0 Å². The molecule has 0 bridgehead atoms. The highest BCUT2D eigenvalue weighted by molar-refractivity contribution is 6.09. The summed E-state index contributed by atoms with van der Waals surface area (Å²) >= 11 is 0. The summed E-state index contributed by atoms with van der Waals surface area (Å²) in [6.45, 7) is 7.61. The van der Waals surface area contributed by atoms with Crippen LogP contribution in [-0.4, -0.2) is 10.8 Å². The summed E-state index contributed by atoms with van der Waals surface area (Å²) in [5.41, 5.74) is -1.27. The summed E-state index contributed by atoms with van der Waals surface area (Å²) < 4.78 is 0. The molecule has 7 heteroatoms. The number of carbonyl (C=O) groups is 1. The normalized spacial score (nSPS) is 17.4. The van der Waals surface area contributed by atoms with Crippen LogP contribution in [0.4, 0.5) is 11.4 Å². The van der Waals surface area contributed by atoms with Crippen LogP contribution in [0.2, 0.25) is 0 Å². The molecule has 2 aromatic rings. The molecule has 1 atom stereocenters. The number of benzene rings is 2. The van der Waals surface area contributed by atoms with E-state index in [0.29, 0.717) is 16.8 Å². The zero-order valence-corrected chi connectivity index (χ0v) is 16.8. The van der Waals surface area contributed by atoms with Gasteiger partial charge in [-0.15, -0.1) is 13.2 Å². The average Bonchev–Trinajstić information content (AvgIpc) is 3.02. The third-order valence-electron chi connectivity index (χ3n) is 5.76. The van der Waals surface area contributed by atoms with E-state index in [4.69, 9.17) is 0 Å². The number of hydrogen-bond donors (Lipinski definition) is 0. The molecule has 2 aromatic carbocycles. The Balaban J connectivity index is 2.17. The first-order valence-electron chi connectivity index (χ1n) is 9.60. The summed E-state index contributed by atoms with van der Waals surface area (Å²) in [6, 6.07) is 17.2. The Bertz CT molecular complexity index is 1130. The standard InChI is InChI=1S/C24H20N4O3/c1-3-13-23(16-25,17-26)24(14-4-2)20-7-5-6-8-21(20)27(22(24)29)15-18-9-11-19(12-10-18)28(30)31/h3-12H,1-2,13-15H2. The minimum absolute atomic E-state index is 0.0132. The molecule has 1 heterocycles. The van der Waals surface area contributed by atoms with E-state index in [9.17, 15) is 25.4 Å². The van der Waals surface area contributed by atoms with E-state index in [-0.39, 0.29) is 31.0 Å². The first-order chi connectivity index (χ1) is 14.9. The Morgan fingerprint density at radius 1 is 1.10 bits per heavy atom.